The first-order valence-corrected chi connectivity index (χ1v) is 7.59. The molecule has 0 amide bonds. The van der Waals surface area contributed by atoms with Crippen LogP contribution in [0.25, 0.3) is 0 Å². The number of hydrogen-bond acceptors (Lipinski definition) is 1. The lowest BCUT2D eigenvalue weighted by Crippen LogP contribution is -2.10. The molecule has 1 fully saturated rings. The Kier molecular flexibility index (Phi) is 3.53. The third-order valence-corrected chi connectivity index (χ3v) is 5.37. The molecule has 0 saturated carbocycles. The lowest BCUT2D eigenvalue weighted by atomic mass is 9.97. The van der Waals surface area contributed by atoms with E-state index < -0.39 is 0 Å². The van der Waals surface area contributed by atoms with E-state index in [9.17, 15) is 0 Å². The van der Waals surface area contributed by atoms with Crippen LogP contribution in [0.5, 0.6) is 0 Å². The van der Waals surface area contributed by atoms with E-state index in [4.69, 9.17) is 4.74 Å². The average molecular weight is 295 g/mol. The van der Waals surface area contributed by atoms with Gasteiger partial charge in [0.2, 0.25) is 0 Å². The average Bonchev–Trinajstić information content (AvgIpc) is 2.96. The molecule has 1 aliphatic heterocycles. The fraction of sp³-hybridized carbons (Fsp3) is 0.600. The van der Waals surface area contributed by atoms with Crippen LogP contribution in [-0.2, 0) is 11.2 Å². The summed E-state index contributed by atoms with van der Waals surface area (Å²) in [5.41, 5.74) is 3.04. The Hall–Kier alpha value is -0.340. The summed E-state index contributed by atoms with van der Waals surface area (Å²) in [5, 5.41) is 0. The van der Waals surface area contributed by atoms with Crippen molar-refractivity contribution in [1.29, 1.82) is 0 Å². The van der Waals surface area contributed by atoms with Crippen molar-refractivity contribution >= 4 is 15.9 Å². The Morgan fingerprint density at radius 3 is 2.88 bits per heavy atom. The van der Waals surface area contributed by atoms with E-state index in [1.165, 1.54) is 43.2 Å². The van der Waals surface area contributed by atoms with Crippen LogP contribution in [0, 0.1) is 5.92 Å². The molecule has 2 heteroatoms. The van der Waals surface area contributed by atoms with Crippen molar-refractivity contribution in [2.45, 2.75) is 43.0 Å². The first-order chi connectivity index (χ1) is 8.34. The highest BCUT2D eigenvalue weighted by atomic mass is 79.9. The van der Waals surface area contributed by atoms with Crippen LogP contribution in [-0.4, -0.2) is 12.7 Å². The molecule has 1 aromatic carbocycles. The summed E-state index contributed by atoms with van der Waals surface area (Å²) in [7, 11) is 0. The van der Waals surface area contributed by atoms with E-state index in [1.54, 1.807) is 0 Å². The molecule has 0 N–H and O–H groups in total. The molecular formula is C15H19BrO. The summed E-state index contributed by atoms with van der Waals surface area (Å²) >= 11 is 3.87. The van der Waals surface area contributed by atoms with E-state index in [0.29, 0.717) is 10.9 Å². The highest BCUT2D eigenvalue weighted by molar-refractivity contribution is 9.09. The maximum atomic E-state index is 5.71. The van der Waals surface area contributed by atoms with Gasteiger partial charge in [-0.1, -0.05) is 40.2 Å². The minimum Gasteiger partial charge on any atom is -0.378 e. The summed E-state index contributed by atoms with van der Waals surface area (Å²) < 4.78 is 5.71. The Morgan fingerprint density at radius 2 is 2.12 bits per heavy atom. The molecule has 1 aliphatic carbocycles. The molecule has 1 aromatic rings. The summed E-state index contributed by atoms with van der Waals surface area (Å²) in [6.07, 6.45) is 6.83. The molecule has 3 rings (SSSR count). The van der Waals surface area contributed by atoms with Crippen molar-refractivity contribution < 1.29 is 4.74 Å². The molecule has 0 bridgehead atoms. The number of alkyl halides is 1. The third kappa shape index (κ3) is 2.43. The van der Waals surface area contributed by atoms with Crippen LogP contribution in [0.4, 0.5) is 0 Å². The van der Waals surface area contributed by atoms with Gasteiger partial charge in [0.1, 0.15) is 0 Å². The Balaban J connectivity index is 1.59. The minimum absolute atomic E-state index is 0.540. The molecular weight excluding hydrogens is 276 g/mol. The van der Waals surface area contributed by atoms with Gasteiger partial charge >= 0.3 is 0 Å². The van der Waals surface area contributed by atoms with Gasteiger partial charge < -0.3 is 4.74 Å². The zero-order valence-electron chi connectivity index (χ0n) is 10.1. The number of hydrogen-bond donors (Lipinski definition) is 0. The third-order valence-electron chi connectivity index (χ3n) is 4.13. The number of fused-ring (bicyclic) bond motifs is 1. The Labute approximate surface area is 112 Å². The van der Waals surface area contributed by atoms with Crippen LogP contribution in [0.3, 0.4) is 0 Å². The van der Waals surface area contributed by atoms with Crippen molar-refractivity contribution in [3.8, 4) is 0 Å². The molecule has 1 heterocycles. The van der Waals surface area contributed by atoms with Gasteiger partial charge in [-0.3, -0.25) is 0 Å². The van der Waals surface area contributed by atoms with Gasteiger partial charge in [-0.15, -0.1) is 0 Å². The van der Waals surface area contributed by atoms with Crippen LogP contribution < -0.4 is 0 Å². The zero-order valence-corrected chi connectivity index (χ0v) is 11.7. The van der Waals surface area contributed by atoms with Crippen LogP contribution in [0.1, 0.15) is 41.6 Å². The van der Waals surface area contributed by atoms with E-state index in [1.807, 2.05) is 0 Å². The molecule has 92 valence electrons. The van der Waals surface area contributed by atoms with Crippen LogP contribution in [0.2, 0.25) is 0 Å². The van der Waals surface area contributed by atoms with Gasteiger partial charge in [-0.2, -0.15) is 0 Å². The molecule has 0 radical (unpaired) electrons. The quantitative estimate of drug-likeness (QED) is 0.757. The number of ether oxygens (including phenoxy) is 1. The van der Waals surface area contributed by atoms with Gasteiger partial charge in [0.05, 0.1) is 6.10 Å². The summed E-state index contributed by atoms with van der Waals surface area (Å²) in [6.45, 7) is 0.979. The minimum atomic E-state index is 0.540. The number of halogens is 1. The molecule has 1 nitrogen and oxygen atoms in total. The SMILES string of the molecule is BrC1c2ccccc2CC1CCC1CCCO1. The van der Waals surface area contributed by atoms with Gasteiger partial charge in [-0.05, 0) is 49.1 Å². The second-order valence-electron chi connectivity index (χ2n) is 5.28. The summed E-state index contributed by atoms with van der Waals surface area (Å²) in [6, 6.07) is 8.84. The van der Waals surface area contributed by atoms with Gasteiger partial charge in [-0.25, -0.2) is 0 Å². The number of benzene rings is 1. The highest BCUT2D eigenvalue weighted by Crippen LogP contribution is 2.44. The van der Waals surface area contributed by atoms with Gasteiger partial charge in [0.25, 0.3) is 0 Å². The molecule has 1 saturated heterocycles. The van der Waals surface area contributed by atoms with E-state index in [-0.39, 0.29) is 0 Å². The second-order valence-corrected chi connectivity index (χ2v) is 6.26. The molecule has 0 spiro atoms. The second kappa shape index (κ2) is 5.11. The maximum Gasteiger partial charge on any atom is 0.0576 e. The highest BCUT2D eigenvalue weighted by Gasteiger charge is 2.30. The van der Waals surface area contributed by atoms with Crippen LogP contribution in [0.15, 0.2) is 24.3 Å². The lowest BCUT2D eigenvalue weighted by Gasteiger charge is -2.16. The van der Waals surface area contributed by atoms with E-state index in [2.05, 4.69) is 40.2 Å². The Morgan fingerprint density at radius 1 is 1.24 bits per heavy atom. The maximum absolute atomic E-state index is 5.71. The van der Waals surface area contributed by atoms with Gasteiger partial charge in [0, 0.05) is 11.4 Å². The van der Waals surface area contributed by atoms with Crippen molar-refractivity contribution in [2.24, 2.45) is 5.92 Å². The van der Waals surface area contributed by atoms with Gasteiger partial charge in [0.15, 0.2) is 0 Å². The van der Waals surface area contributed by atoms with E-state index >= 15 is 0 Å². The van der Waals surface area contributed by atoms with Crippen molar-refractivity contribution in [3.63, 3.8) is 0 Å². The molecule has 17 heavy (non-hydrogen) atoms. The normalized spacial score (nSPS) is 31.7. The first kappa shape index (κ1) is 11.7. The standard InChI is InChI=1S/C15H19BrO/c16-15-12(7-8-13-5-3-9-17-13)10-11-4-1-2-6-14(11)15/h1-2,4,6,12-13,15H,3,5,7-10H2. The summed E-state index contributed by atoms with van der Waals surface area (Å²) in [5.74, 6) is 0.761. The zero-order chi connectivity index (χ0) is 11.7. The fourth-order valence-corrected chi connectivity index (χ4v) is 4.05. The molecule has 3 unspecified atom stereocenters. The topological polar surface area (TPSA) is 9.23 Å². The first-order valence-electron chi connectivity index (χ1n) is 6.68. The monoisotopic (exact) mass is 294 g/mol. The molecule has 2 aliphatic rings. The number of rotatable bonds is 3. The van der Waals surface area contributed by atoms with Crippen molar-refractivity contribution in [2.75, 3.05) is 6.61 Å². The smallest absolute Gasteiger partial charge is 0.0576 e. The predicted octanol–water partition coefficient (Wildman–Crippen LogP) is 4.25. The molecule has 0 aromatic heterocycles. The predicted molar refractivity (Wildman–Crippen MR) is 73.5 cm³/mol. The lowest BCUT2D eigenvalue weighted by molar-refractivity contribution is 0.0984. The summed E-state index contributed by atoms with van der Waals surface area (Å²) in [4.78, 5) is 0.556. The molecule has 3 atom stereocenters. The Bertz CT molecular complexity index is 384. The largest absolute Gasteiger partial charge is 0.378 e. The fourth-order valence-electron chi connectivity index (χ4n) is 3.15. The van der Waals surface area contributed by atoms with Crippen LogP contribution >= 0.6 is 15.9 Å². The van der Waals surface area contributed by atoms with Crippen molar-refractivity contribution in [1.82, 2.24) is 0 Å². The van der Waals surface area contributed by atoms with Crippen molar-refractivity contribution in [3.05, 3.63) is 35.4 Å². The van der Waals surface area contributed by atoms with E-state index in [0.717, 1.165) is 12.5 Å².